The predicted molar refractivity (Wildman–Crippen MR) is 72.8 cm³/mol. The van der Waals surface area contributed by atoms with Gasteiger partial charge in [0.2, 0.25) is 0 Å². The highest BCUT2D eigenvalue weighted by atomic mass is 19.4. The van der Waals surface area contributed by atoms with Crippen molar-refractivity contribution in [3.05, 3.63) is 29.8 Å². The number of benzene rings is 1. The average Bonchev–Trinajstić information content (AvgIpc) is 2.84. The monoisotopic (exact) mass is 284 g/mol. The predicted octanol–water partition coefficient (Wildman–Crippen LogP) is 3.38. The lowest BCUT2D eigenvalue weighted by Crippen LogP contribution is -2.55. The second-order valence-corrected chi connectivity index (χ2v) is 5.81. The van der Waals surface area contributed by atoms with Crippen molar-refractivity contribution < 1.29 is 13.2 Å². The molecule has 2 fully saturated rings. The summed E-state index contributed by atoms with van der Waals surface area (Å²) >= 11 is 0. The van der Waals surface area contributed by atoms with Crippen LogP contribution in [0.15, 0.2) is 24.3 Å². The summed E-state index contributed by atoms with van der Waals surface area (Å²) < 4.78 is 39.5. The topological polar surface area (TPSA) is 6.48 Å². The van der Waals surface area contributed by atoms with E-state index in [1.165, 1.54) is 12.1 Å². The minimum atomic E-state index is -4.29. The number of piperazine rings is 1. The summed E-state index contributed by atoms with van der Waals surface area (Å²) in [5.41, 5.74) is -0.183. The third-order valence-corrected chi connectivity index (χ3v) is 4.46. The van der Waals surface area contributed by atoms with Crippen molar-refractivity contribution in [3.63, 3.8) is 0 Å². The molecule has 0 spiro atoms. The smallest absolute Gasteiger partial charge is 0.365 e. The summed E-state index contributed by atoms with van der Waals surface area (Å²) in [6.45, 7) is 4.66. The second-order valence-electron chi connectivity index (χ2n) is 5.81. The van der Waals surface area contributed by atoms with Crippen LogP contribution < -0.4 is 4.90 Å². The summed E-state index contributed by atoms with van der Waals surface area (Å²) in [6.07, 6.45) is -2.04. The van der Waals surface area contributed by atoms with Crippen LogP contribution in [0.4, 0.5) is 18.9 Å². The SMILES string of the molecule is CC1CN2CCCC2CN1c1ccccc1C(F)(F)F. The first-order valence-electron chi connectivity index (χ1n) is 7.14. The fraction of sp³-hybridized carbons (Fsp3) is 0.600. The number of nitrogens with zero attached hydrogens (tertiary/aromatic N) is 2. The lowest BCUT2D eigenvalue weighted by Gasteiger charge is -2.44. The highest BCUT2D eigenvalue weighted by Gasteiger charge is 2.39. The molecule has 1 aromatic carbocycles. The highest BCUT2D eigenvalue weighted by Crippen LogP contribution is 2.38. The summed E-state index contributed by atoms with van der Waals surface area (Å²) in [6, 6.07) is 6.47. The first-order chi connectivity index (χ1) is 9.47. The van der Waals surface area contributed by atoms with Crippen LogP contribution in [0.3, 0.4) is 0 Å². The maximum absolute atomic E-state index is 13.2. The Morgan fingerprint density at radius 1 is 1.15 bits per heavy atom. The molecule has 2 atom stereocenters. The van der Waals surface area contributed by atoms with E-state index >= 15 is 0 Å². The van der Waals surface area contributed by atoms with Gasteiger partial charge in [0, 0.05) is 30.9 Å². The Balaban J connectivity index is 1.92. The van der Waals surface area contributed by atoms with Gasteiger partial charge in [-0.15, -0.1) is 0 Å². The molecular weight excluding hydrogens is 265 g/mol. The molecule has 2 aliphatic rings. The number of para-hydroxylation sites is 1. The standard InChI is InChI=1S/C15H19F3N2/c1-11-9-19-8-4-5-12(19)10-20(11)14-7-3-2-6-13(14)15(16,17)18/h2-3,6-7,11-12H,4-5,8-10H2,1H3. The molecule has 0 radical (unpaired) electrons. The molecule has 1 aromatic rings. The largest absolute Gasteiger partial charge is 0.418 e. The molecular formula is C15H19F3N2. The van der Waals surface area contributed by atoms with E-state index in [0.717, 1.165) is 25.9 Å². The second kappa shape index (κ2) is 4.95. The van der Waals surface area contributed by atoms with Gasteiger partial charge in [-0.05, 0) is 38.4 Å². The fourth-order valence-corrected chi connectivity index (χ4v) is 3.49. The molecule has 110 valence electrons. The molecule has 2 aliphatic heterocycles. The lowest BCUT2D eigenvalue weighted by atomic mass is 10.0. The van der Waals surface area contributed by atoms with Crippen LogP contribution in [0.2, 0.25) is 0 Å². The number of fused-ring (bicyclic) bond motifs is 1. The van der Waals surface area contributed by atoms with Crippen molar-refractivity contribution in [2.75, 3.05) is 24.5 Å². The quantitative estimate of drug-likeness (QED) is 0.780. The number of hydrogen-bond donors (Lipinski definition) is 0. The van der Waals surface area contributed by atoms with E-state index in [9.17, 15) is 13.2 Å². The molecule has 0 aromatic heterocycles. The number of halogens is 3. The maximum Gasteiger partial charge on any atom is 0.418 e. The summed E-state index contributed by atoms with van der Waals surface area (Å²) in [5.74, 6) is 0. The minimum absolute atomic E-state index is 0.118. The van der Waals surface area contributed by atoms with Crippen molar-refractivity contribution in [3.8, 4) is 0 Å². The van der Waals surface area contributed by atoms with Crippen LogP contribution in [0.25, 0.3) is 0 Å². The molecule has 2 saturated heterocycles. The van der Waals surface area contributed by atoms with Crippen molar-refractivity contribution in [2.45, 2.75) is 38.0 Å². The first-order valence-corrected chi connectivity index (χ1v) is 7.14. The molecule has 0 saturated carbocycles. The van der Waals surface area contributed by atoms with E-state index in [4.69, 9.17) is 0 Å². The zero-order valence-corrected chi connectivity index (χ0v) is 11.5. The van der Waals surface area contributed by atoms with Gasteiger partial charge < -0.3 is 4.90 Å². The van der Waals surface area contributed by atoms with Crippen molar-refractivity contribution in [1.29, 1.82) is 0 Å². The van der Waals surface area contributed by atoms with Gasteiger partial charge in [0.15, 0.2) is 0 Å². The molecule has 0 bridgehead atoms. The number of rotatable bonds is 1. The van der Waals surface area contributed by atoms with Gasteiger partial charge in [0.1, 0.15) is 0 Å². The van der Waals surface area contributed by atoms with Gasteiger partial charge in [-0.1, -0.05) is 12.1 Å². The van der Waals surface area contributed by atoms with E-state index in [1.807, 2.05) is 11.8 Å². The Bertz CT molecular complexity index is 486. The summed E-state index contributed by atoms with van der Waals surface area (Å²) in [7, 11) is 0. The molecule has 5 heteroatoms. The van der Waals surface area contributed by atoms with Crippen LogP contribution in [0.1, 0.15) is 25.3 Å². The third-order valence-electron chi connectivity index (χ3n) is 4.46. The lowest BCUT2D eigenvalue weighted by molar-refractivity contribution is -0.137. The molecule has 20 heavy (non-hydrogen) atoms. The normalized spacial score (nSPS) is 27.7. The van der Waals surface area contributed by atoms with Crippen molar-refractivity contribution >= 4 is 5.69 Å². The van der Waals surface area contributed by atoms with E-state index in [0.29, 0.717) is 18.3 Å². The molecule has 2 unspecified atom stereocenters. The van der Waals surface area contributed by atoms with Crippen LogP contribution in [-0.4, -0.2) is 36.6 Å². The van der Waals surface area contributed by atoms with E-state index in [1.54, 1.807) is 12.1 Å². The third kappa shape index (κ3) is 2.39. The zero-order chi connectivity index (χ0) is 14.3. The van der Waals surface area contributed by atoms with Gasteiger partial charge in [0.25, 0.3) is 0 Å². The van der Waals surface area contributed by atoms with Gasteiger partial charge in [-0.2, -0.15) is 13.2 Å². The van der Waals surface area contributed by atoms with Crippen LogP contribution in [-0.2, 0) is 6.18 Å². The molecule has 0 N–H and O–H groups in total. The van der Waals surface area contributed by atoms with E-state index in [-0.39, 0.29) is 6.04 Å². The Hall–Kier alpha value is -1.23. The van der Waals surface area contributed by atoms with E-state index < -0.39 is 11.7 Å². The molecule has 3 rings (SSSR count). The molecule has 2 heterocycles. The Kier molecular flexibility index (Phi) is 3.40. The molecule has 0 aliphatic carbocycles. The molecule has 2 nitrogen and oxygen atoms in total. The van der Waals surface area contributed by atoms with Gasteiger partial charge in [-0.25, -0.2) is 0 Å². The average molecular weight is 284 g/mol. The highest BCUT2D eigenvalue weighted by molar-refractivity contribution is 5.56. The van der Waals surface area contributed by atoms with Crippen LogP contribution in [0.5, 0.6) is 0 Å². The van der Waals surface area contributed by atoms with Gasteiger partial charge >= 0.3 is 6.18 Å². The van der Waals surface area contributed by atoms with Gasteiger partial charge in [0.05, 0.1) is 5.56 Å². The van der Waals surface area contributed by atoms with Gasteiger partial charge in [-0.3, -0.25) is 4.90 Å². The number of hydrogen-bond acceptors (Lipinski definition) is 2. The van der Waals surface area contributed by atoms with E-state index in [2.05, 4.69) is 4.90 Å². The van der Waals surface area contributed by atoms with Crippen LogP contribution >= 0.6 is 0 Å². The Morgan fingerprint density at radius 3 is 2.65 bits per heavy atom. The molecule has 0 amide bonds. The fourth-order valence-electron chi connectivity index (χ4n) is 3.49. The number of alkyl halides is 3. The summed E-state index contributed by atoms with van der Waals surface area (Å²) in [4.78, 5) is 4.35. The first kappa shape index (κ1) is 13.7. The maximum atomic E-state index is 13.2. The zero-order valence-electron chi connectivity index (χ0n) is 11.5. The van der Waals surface area contributed by atoms with Crippen LogP contribution in [0, 0.1) is 0 Å². The van der Waals surface area contributed by atoms with Crippen molar-refractivity contribution in [2.24, 2.45) is 0 Å². The Morgan fingerprint density at radius 2 is 1.90 bits per heavy atom. The summed E-state index contributed by atoms with van der Waals surface area (Å²) in [5, 5.41) is 0. The number of anilines is 1. The van der Waals surface area contributed by atoms with Crippen molar-refractivity contribution in [1.82, 2.24) is 4.90 Å². The minimum Gasteiger partial charge on any atom is -0.365 e. The Labute approximate surface area is 117 Å².